The SMILES string of the molecule is Cc1cc(OC(F)(F)F)c([N+](=O)[O-])c(CF)n1. The third-order valence-electron chi connectivity index (χ3n) is 1.69. The molecule has 5 nitrogen and oxygen atoms in total. The van der Waals surface area contributed by atoms with E-state index >= 15 is 0 Å². The summed E-state index contributed by atoms with van der Waals surface area (Å²) < 4.78 is 51.9. The Labute approximate surface area is 92.2 Å². The minimum atomic E-state index is -5.09. The van der Waals surface area contributed by atoms with Crippen LogP contribution in [0.25, 0.3) is 0 Å². The Kier molecular flexibility index (Phi) is 3.49. The van der Waals surface area contributed by atoms with E-state index in [1.807, 2.05) is 0 Å². The van der Waals surface area contributed by atoms with Crippen LogP contribution in [0.3, 0.4) is 0 Å². The van der Waals surface area contributed by atoms with Crippen LogP contribution < -0.4 is 4.74 Å². The van der Waals surface area contributed by atoms with E-state index in [1.54, 1.807) is 0 Å². The van der Waals surface area contributed by atoms with Gasteiger partial charge in [0, 0.05) is 11.8 Å². The van der Waals surface area contributed by atoms with Gasteiger partial charge < -0.3 is 4.74 Å². The number of halogens is 4. The first-order valence-corrected chi connectivity index (χ1v) is 4.21. The Morgan fingerprint density at radius 2 is 2.12 bits per heavy atom. The van der Waals surface area contributed by atoms with Gasteiger partial charge in [0.1, 0.15) is 6.67 Å². The molecular weight excluding hydrogens is 248 g/mol. The van der Waals surface area contributed by atoms with Crippen LogP contribution in [-0.4, -0.2) is 16.3 Å². The molecule has 0 bridgehead atoms. The van der Waals surface area contributed by atoms with Crippen LogP contribution >= 0.6 is 0 Å². The monoisotopic (exact) mass is 254 g/mol. The van der Waals surface area contributed by atoms with E-state index in [2.05, 4.69) is 9.72 Å². The number of nitro groups is 1. The molecule has 94 valence electrons. The second kappa shape index (κ2) is 4.52. The van der Waals surface area contributed by atoms with E-state index in [9.17, 15) is 27.7 Å². The van der Waals surface area contributed by atoms with Crippen LogP contribution in [0.1, 0.15) is 11.4 Å². The molecule has 0 aliphatic rings. The van der Waals surface area contributed by atoms with E-state index < -0.39 is 35.1 Å². The van der Waals surface area contributed by atoms with Crippen molar-refractivity contribution in [1.82, 2.24) is 4.98 Å². The maximum absolute atomic E-state index is 12.4. The van der Waals surface area contributed by atoms with Gasteiger partial charge >= 0.3 is 12.0 Å². The largest absolute Gasteiger partial charge is 0.573 e. The second-order valence-corrected chi connectivity index (χ2v) is 3.00. The van der Waals surface area contributed by atoms with Crippen molar-refractivity contribution in [2.24, 2.45) is 0 Å². The van der Waals surface area contributed by atoms with Crippen molar-refractivity contribution in [2.75, 3.05) is 0 Å². The molecule has 1 heterocycles. The number of aromatic nitrogens is 1. The molecule has 0 N–H and O–H groups in total. The first-order chi connectivity index (χ1) is 7.74. The van der Waals surface area contributed by atoms with Gasteiger partial charge in [0.05, 0.1) is 4.92 Å². The van der Waals surface area contributed by atoms with Crippen LogP contribution in [-0.2, 0) is 6.67 Å². The fourth-order valence-corrected chi connectivity index (χ4v) is 1.19. The molecule has 17 heavy (non-hydrogen) atoms. The van der Waals surface area contributed by atoms with Crippen LogP contribution in [0, 0.1) is 17.0 Å². The lowest BCUT2D eigenvalue weighted by Gasteiger charge is -2.10. The molecule has 0 unspecified atom stereocenters. The lowest BCUT2D eigenvalue weighted by atomic mass is 10.2. The summed E-state index contributed by atoms with van der Waals surface area (Å²) >= 11 is 0. The predicted octanol–water partition coefficient (Wildman–Crippen LogP) is 2.67. The highest BCUT2D eigenvalue weighted by Crippen LogP contribution is 2.34. The Balaban J connectivity index is 3.35. The van der Waals surface area contributed by atoms with Crippen molar-refractivity contribution in [3.05, 3.63) is 27.6 Å². The number of nitrogens with zero attached hydrogens (tertiary/aromatic N) is 2. The molecule has 0 aromatic carbocycles. The van der Waals surface area contributed by atoms with Crippen molar-refractivity contribution in [3.63, 3.8) is 0 Å². The normalized spacial score (nSPS) is 11.4. The zero-order valence-corrected chi connectivity index (χ0v) is 8.42. The van der Waals surface area contributed by atoms with Gasteiger partial charge in [-0.1, -0.05) is 0 Å². The number of hydrogen-bond donors (Lipinski definition) is 0. The lowest BCUT2D eigenvalue weighted by molar-refractivity contribution is -0.389. The third-order valence-corrected chi connectivity index (χ3v) is 1.69. The van der Waals surface area contributed by atoms with Crippen molar-refractivity contribution in [2.45, 2.75) is 20.0 Å². The van der Waals surface area contributed by atoms with Crippen molar-refractivity contribution in [1.29, 1.82) is 0 Å². The smallest absolute Gasteiger partial charge is 0.398 e. The van der Waals surface area contributed by atoms with E-state index in [0.29, 0.717) is 0 Å². The molecule has 0 radical (unpaired) electrons. The van der Waals surface area contributed by atoms with Gasteiger partial charge in [0.15, 0.2) is 5.69 Å². The van der Waals surface area contributed by atoms with Gasteiger partial charge in [-0.25, -0.2) is 9.37 Å². The number of aryl methyl sites for hydroxylation is 1. The summed E-state index contributed by atoms with van der Waals surface area (Å²) in [5, 5.41) is 10.6. The fourth-order valence-electron chi connectivity index (χ4n) is 1.19. The standard InChI is InChI=1S/C8H6F4N2O3/c1-4-2-6(17-8(10,11)12)7(14(15)16)5(3-9)13-4/h2H,3H2,1H3. The first kappa shape index (κ1) is 13.1. The molecule has 0 saturated heterocycles. The molecule has 0 amide bonds. The Hall–Kier alpha value is -1.93. The Bertz CT molecular complexity index is 447. The molecule has 0 aliphatic carbocycles. The van der Waals surface area contributed by atoms with E-state index in [1.165, 1.54) is 6.92 Å². The molecule has 0 fully saturated rings. The summed E-state index contributed by atoms with van der Waals surface area (Å²) in [6, 6.07) is 0.727. The zero-order chi connectivity index (χ0) is 13.2. The number of alkyl halides is 4. The fraction of sp³-hybridized carbons (Fsp3) is 0.375. The summed E-state index contributed by atoms with van der Waals surface area (Å²) in [5.41, 5.74) is -1.83. The van der Waals surface area contributed by atoms with Gasteiger partial charge in [0.2, 0.25) is 5.75 Å². The second-order valence-electron chi connectivity index (χ2n) is 3.00. The minimum absolute atomic E-state index is 0.0116. The first-order valence-electron chi connectivity index (χ1n) is 4.21. The molecule has 0 saturated carbocycles. The Morgan fingerprint density at radius 3 is 2.53 bits per heavy atom. The quantitative estimate of drug-likeness (QED) is 0.472. The highest BCUT2D eigenvalue weighted by molar-refractivity contribution is 5.50. The van der Waals surface area contributed by atoms with Crippen LogP contribution in [0.15, 0.2) is 6.07 Å². The number of hydrogen-bond acceptors (Lipinski definition) is 4. The molecule has 9 heteroatoms. The van der Waals surface area contributed by atoms with Crippen molar-refractivity contribution in [3.8, 4) is 5.75 Å². The van der Waals surface area contributed by atoms with E-state index in [4.69, 9.17) is 0 Å². The Morgan fingerprint density at radius 1 is 1.53 bits per heavy atom. The lowest BCUT2D eigenvalue weighted by Crippen LogP contribution is -2.18. The molecular formula is C8H6F4N2O3. The van der Waals surface area contributed by atoms with Crippen LogP contribution in [0.5, 0.6) is 5.75 Å². The van der Waals surface area contributed by atoms with Crippen LogP contribution in [0.4, 0.5) is 23.2 Å². The van der Waals surface area contributed by atoms with Gasteiger partial charge in [-0.05, 0) is 6.92 Å². The third kappa shape index (κ3) is 3.26. The van der Waals surface area contributed by atoms with Crippen molar-refractivity contribution >= 4 is 5.69 Å². The van der Waals surface area contributed by atoms with Gasteiger partial charge in [-0.2, -0.15) is 0 Å². The highest BCUT2D eigenvalue weighted by atomic mass is 19.4. The van der Waals surface area contributed by atoms with E-state index in [0.717, 1.165) is 6.07 Å². The maximum Gasteiger partial charge on any atom is 0.573 e. The average molecular weight is 254 g/mol. The van der Waals surface area contributed by atoms with Crippen LogP contribution in [0.2, 0.25) is 0 Å². The predicted molar refractivity (Wildman–Crippen MR) is 47.1 cm³/mol. The zero-order valence-electron chi connectivity index (χ0n) is 8.42. The number of rotatable bonds is 3. The molecule has 1 rings (SSSR count). The van der Waals surface area contributed by atoms with Gasteiger partial charge in [0.25, 0.3) is 0 Å². The molecule has 0 aliphatic heterocycles. The van der Waals surface area contributed by atoms with Gasteiger partial charge in [-0.15, -0.1) is 13.2 Å². The van der Waals surface area contributed by atoms with Gasteiger partial charge in [-0.3, -0.25) is 10.1 Å². The summed E-state index contributed by atoms with van der Waals surface area (Å²) in [7, 11) is 0. The molecule has 1 aromatic heterocycles. The highest BCUT2D eigenvalue weighted by Gasteiger charge is 2.36. The number of ether oxygens (including phenoxy) is 1. The van der Waals surface area contributed by atoms with Crippen molar-refractivity contribution < 1.29 is 27.2 Å². The molecule has 1 aromatic rings. The van der Waals surface area contributed by atoms with E-state index in [-0.39, 0.29) is 5.69 Å². The number of pyridine rings is 1. The molecule has 0 atom stereocenters. The summed E-state index contributed by atoms with van der Waals surface area (Å²) in [6.45, 7) is -0.0850. The summed E-state index contributed by atoms with van der Waals surface area (Å²) in [6.07, 6.45) is -5.09. The topological polar surface area (TPSA) is 65.3 Å². The average Bonchev–Trinajstić information content (AvgIpc) is 2.12. The molecule has 0 spiro atoms. The minimum Gasteiger partial charge on any atom is -0.398 e. The maximum atomic E-state index is 12.4. The summed E-state index contributed by atoms with van der Waals surface area (Å²) in [4.78, 5) is 12.8. The summed E-state index contributed by atoms with van der Waals surface area (Å²) in [5.74, 6) is -1.07.